The molecule has 1 aliphatic rings. The van der Waals surface area contributed by atoms with Gasteiger partial charge in [-0.1, -0.05) is 54.5 Å². The summed E-state index contributed by atoms with van der Waals surface area (Å²) in [6.07, 6.45) is 5.21. The van der Waals surface area contributed by atoms with Gasteiger partial charge in [-0.2, -0.15) is 5.26 Å². The Balaban J connectivity index is 0.000000444. The number of nitrogens with one attached hydrogen (secondary N) is 1. The van der Waals surface area contributed by atoms with Gasteiger partial charge in [-0.05, 0) is 86.1 Å². The van der Waals surface area contributed by atoms with Crippen LogP contribution in [0.15, 0.2) is 93.8 Å². The van der Waals surface area contributed by atoms with Crippen LogP contribution < -0.4 is 10.2 Å². The van der Waals surface area contributed by atoms with Crippen LogP contribution in [0.5, 0.6) is 0 Å². The van der Waals surface area contributed by atoms with E-state index in [0.717, 1.165) is 38.2 Å². The van der Waals surface area contributed by atoms with Crippen molar-refractivity contribution in [1.82, 2.24) is 9.62 Å². The van der Waals surface area contributed by atoms with Gasteiger partial charge in [0.2, 0.25) is 0 Å². The molecule has 0 radical (unpaired) electrons. The zero-order valence-electron chi connectivity index (χ0n) is 21.7. The van der Waals surface area contributed by atoms with Crippen molar-refractivity contribution in [3.05, 3.63) is 106 Å². The Morgan fingerprint density at radius 1 is 1.06 bits per heavy atom. The third-order valence-corrected chi connectivity index (χ3v) is 7.89. The fourth-order valence-corrected chi connectivity index (χ4v) is 5.58. The van der Waals surface area contributed by atoms with Crippen molar-refractivity contribution in [2.45, 2.75) is 44.9 Å². The summed E-state index contributed by atoms with van der Waals surface area (Å²) in [6.45, 7) is 12.2. The number of aryl methyl sites for hydroxylation is 1. The molecule has 0 bridgehead atoms. The molecule has 0 amide bonds. The maximum atomic E-state index is 9.35. The number of anilines is 1. The predicted octanol–water partition coefficient (Wildman–Crippen LogP) is 7.75. The van der Waals surface area contributed by atoms with Gasteiger partial charge in [0.15, 0.2) is 0 Å². The summed E-state index contributed by atoms with van der Waals surface area (Å²) in [5, 5.41) is 14.8. The Bertz CT molecular complexity index is 1180. The van der Waals surface area contributed by atoms with Gasteiger partial charge in [0, 0.05) is 38.1 Å². The van der Waals surface area contributed by atoms with Crippen LogP contribution in [-0.4, -0.2) is 23.9 Å². The molecule has 2 heterocycles. The number of hydrogen-bond acceptors (Lipinski definition) is 6. The molecule has 188 valence electrons. The molecular formula is C30H36N4S2. The molecule has 1 aromatic heterocycles. The Morgan fingerprint density at radius 2 is 1.83 bits per heavy atom. The first-order valence-electron chi connectivity index (χ1n) is 12.3. The fourth-order valence-electron chi connectivity index (χ4n) is 3.71. The minimum absolute atomic E-state index is 0.723. The average Bonchev–Trinajstić information content (AvgIpc) is 3.34. The molecule has 0 spiro atoms. The van der Waals surface area contributed by atoms with Gasteiger partial charge in [-0.25, -0.2) is 4.31 Å². The van der Waals surface area contributed by atoms with Gasteiger partial charge >= 0.3 is 0 Å². The Labute approximate surface area is 225 Å². The van der Waals surface area contributed by atoms with Crippen LogP contribution >= 0.6 is 23.3 Å². The molecule has 4 rings (SSSR count). The highest BCUT2D eigenvalue weighted by Crippen LogP contribution is 2.33. The van der Waals surface area contributed by atoms with Gasteiger partial charge in [-0.15, -0.1) is 11.3 Å². The maximum absolute atomic E-state index is 9.35. The van der Waals surface area contributed by atoms with Crippen LogP contribution in [-0.2, 0) is 6.54 Å². The first-order valence-corrected chi connectivity index (χ1v) is 14.0. The number of fused-ring (bicyclic) bond motifs is 1. The van der Waals surface area contributed by atoms with Gasteiger partial charge in [-0.3, -0.25) is 0 Å². The fraction of sp³-hybridized carbons (Fsp3) is 0.300. The van der Waals surface area contributed by atoms with Crippen molar-refractivity contribution < 1.29 is 0 Å². The van der Waals surface area contributed by atoms with Crippen molar-refractivity contribution in [2.75, 3.05) is 24.5 Å². The van der Waals surface area contributed by atoms with Crippen LogP contribution in [0.1, 0.15) is 43.9 Å². The maximum Gasteiger partial charge on any atom is 0.0991 e. The Morgan fingerprint density at radius 3 is 2.47 bits per heavy atom. The lowest BCUT2D eigenvalue weighted by Crippen LogP contribution is -2.30. The third kappa shape index (κ3) is 8.91. The number of thiophene rings is 1. The highest BCUT2D eigenvalue weighted by Gasteiger charge is 2.21. The molecule has 0 saturated heterocycles. The third-order valence-electron chi connectivity index (χ3n) is 5.83. The molecule has 0 saturated carbocycles. The van der Waals surface area contributed by atoms with E-state index in [-0.39, 0.29) is 0 Å². The van der Waals surface area contributed by atoms with E-state index in [1.807, 2.05) is 42.3 Å². The number of benzene rings is 2. The van der Waals surface area contributed by atoms with Gasteiger partial charge < -0.3 is 10.2 Å². The zero-order chi connectivity index (χ0) is 25.8. The predicted molar refractivity (Wildman–Crippen MR) is 156 cm³/mol. The van der Waals surface area contributed by atoms with Gasteiger partial charge in [0.25, 0.3) is 0 Å². The number of nitrogens with zero attached hydrogens (tertiary/aromatic N) is 3. The van der Waals surface area contributed by atoms with E-state index in [2.05, 4.69) is 96.4 Å². The van der Waals surface area contributed by atoms with E-state index in [9.17, 15) is 5.26 Å². The molecule has 36 heavy (non-hydrogen) atoms. The van der Waals surface area contributed by atoms with Crippen LogP contribution in [0.25, 0.3) is 0 Å². The van der Waals surface area contributed by atoms with Crippen LogP contribution in [0.2, 0.25) is 0 Å². The zero-order valence-corrected chi connectivity index (χ0v) is 23.3. The van der Waals surface area contributed by atoms with E-state index in [0.29, 0.717) is 0 Å². The standard InChI is InChI=1S/C23H28N4S2.C7H8/c1-4-18(2)14-25-15-19(3)16-26-9-10-27(29-23-6-5-11-28-23)17-21-12-20(13-24)7-8-22(21)26;1-7-5-3-2-4-6-7/h5-8,11-12,14-15,25H,4,9-10,16-17H2,1-3H3;2-6H,1H3/b18-14+,19-15+;. The average molecular weight is 517 g/mol. The van der Waals surface area contributed by atoms with E-state index in [1.54, 1.807) is 11.3 Å². The second-order valence-corrected chi connectivity index (χ2v) is 11.3. The SMILES string of the molecule is CC/C(C)=C/N/C=C(\C)CN1CCN(Sc2cccs2)Cc2cc(C#N)ccc21.Cc1ccccc1. The van der Waals surface area contributed by atoms with Crippen molar-refractivity contribution in [2.24, 2.45) is 0 Å². The number of allylic oxidation sites excluding steroid dienone is 1. The molecule has 4 nitrogen and oxygen atoms in total. The lowest BCUT2D eigenvalue weighted by molar-refractivity contribution is 0.485. The van der Waals surface area contributed by atoms with Gasteiger partial charge in [0.1, 0.15) is 0 Å². The normalized spacial score (nSPS) is 14.2. The molecule has 0 aliphatic carbocycles. The van der Waals surface area contributed by atoms with E-state index < -0.39 is 0 Å². The molecule has 0 atom stereocenters. The molecule has 0 fully saturated rings. The summed E-state index contributed by atoms with van der Waals surface area (Å²) in [6, 6.07) is 22.9. The molecule has 2 aromatic carbocycles. The highest BCUT2D eigenvalue weighted by atomic mass is 32.2. The van der Waals surface area contributed by atoms with E-state index in [1.165, 1.54) is 32.2 Å². The van der Waals surface area contributed by atoms with Crippen LogP contribution in [0.4, 0.5) is 5.69 Å². The molecular weight excluding hydrogens is 480 g/mol. The Kier molecular flexibility index (Phi) is 11.2. The Hall–Kier alpha value is -2.98. The number of rotatable bonds is 7. The summed E-state index contributed by atoms with van der Waals surface area (Å²) >= 11 is 3.58. The highest BCUT2D eigenvalue weighted by molar-refractivity contribution is 7.98. The van der Waals surface area contributed by atoms with Crippen molar-refractivity contribution in [1.29, 1.82) is 5.26 Å². The summed E-state index contributed by atoms with van der Waals surface area (Å²) in [5.74, 6) is 0. The van der Waals surface area contributed by atoms with Crippen LogP contribution in [0.3, 0.4) is 0 Å². The second kappa shape index (κ2) is 14.5. The lowest BCUT2D eigenvalue weighted by atomic mass is 10.1. The largest absolute Gasteiger partial charge is 0.368 e. The number of nitriles is 1. The first-order chi connectivity index (χ1) is 17.5. The minimum Gasteiger partial charge on any atom is -0.368 e. The minimum atomic E-state index is 0.723. The summed E-state index contributed by atoms with van der Waals surface area (Å²) in [5.41, 5.74) is 7.10. The quantitative estimate of drug-likeness (QED) is 0.325. The molecule has 6 heteroatoms. The summed E-state index contributed by atoms with van der Waals surface area (Å²) < 4.78 is 3.70. The van der Waals surface area contributed by atoms with E-state index >= 15 is 0 Å². The van der Waals surface area contributed by atoms with Crippen molar-refractivity contribution in [3.63, 3.8) is 0 Å². The molecule has 0 unspecified atom stereocenters. The first kappa shape index (κ1) is 27.6. The molecule has 1 N–H and O–H groups in total. The molecule has 1 aliphatic heterocycles. The van der Waals surface area contributed by atoms with Crippen molar-refractivity contribution in [3.8, 4) is 6.07 Å². The summed E-state index contributed by atoms with van der Waals surface area (Å²) in [4.78, 5) is 2.43. The van der Waals surface area contributed by atoms with E-state index in [4.69, 9.17) is 0 Å². The van der Waals surface area contributed by atoms with Crippen LogP contribution in [0, 0.1) is 18.3 Å². The van der Waals surface area contributed by atoms with Gasteiger partial charge in [0.05, 0.1) is 15.8 Å². The monoisotopic (exact) mass is 516 g/mol. The second-order valence-electron chi connectivity index (χ2n) is 8.92. The lowest BCUT2D eigenvalue weighted by Gasteiger charge is -2.25. The summed E-state index contributed by atoms with van der Waals surface area (Å²) in [7, 11) is 0. The smallest absolute Gasteiger partial charge is 0.0991 e. The molecule has 3 aromatic rings. The van der Waals surface area contributed by atoms with Crippen molar-refractivity contribution >= 4 is 29.0 Å². The topological polar surface area (TPSA) is 42.3 Å². The number of hydrogen-bond donors (Lipinski definition) is 1.